The molecule has 3 N–H and O–H groups in total. The molecule has 0 heterocycles. The van der Waals surface area contributed by atoms with Crippen molar-refractivity contribution in [3.8, 4) is 0 Å². The Bertz CT molecular complexity index is 734. The molecule has 5 heteroatoms. The SMILES string of the molecule is CCc1ccc(C(=O)CCC(=O)Nc2ccc(C(N)=O)cc2)cc1. The molecule has 0 radical (unpaired) electrons. The van der Waals surface area contributed by atoms with Crippen LogP contribution in [-0.4, -0.2) is 17.6 Å². The van der Waals surface area contributed by atoms with Gasteiger partial charge in [0, 0.05) is 29.7 Å². The summed E-state index contributed by atoms with van der Waals surface area (Å²) in [6, 6.07) is 13.7. The molecule has 0 bridgehead atoms. The number of Topliss-reactive ketones (excluding diaryl/α,β-unsaturated/α-hetero) is 1. The van der Waals surface area contributed by atoms with Crippen LogP contribution in [0.3, 0.4) is 0 Å². The van der Waals surface area contributed by atoms with E-state index in [1.165, 1.54) is 5.56 Å². The molecule has 124 valence electrons. The standard InChI is InChI=1S/C19H20N2O3/c1-2-13-3-5-14(6-4-13)17(22)11-12-18(23)21-16-9-7-15(8-10-16)19(20)24/h3-10H,2,11-12H2,1H3,(H2,20,24)(H,21,23). The van der Waals surface area contributed by atoms with Crippen LogP contribution in [0, 0.1) is 0 Å². The van der Waals surface area contributed by atoms with E-state index in [1.54, 1.807) is 36.4 Å². The van der Waals surface area contributed by atoms with Crippen molar-refractivity contribution in [1.29, 1.82) is 0 Å². The molecule has 0 atom stereocenters. The molecule has 0 aromatic heterocycles. The Morgan fingerprint density at radius 3 is 2.00 bits per heavy atom. The Labute approximate surface area is 140 Å². The second-order valence-corrected chi connectivity index (χ2v) is 5.46. The fraction of sp³-hybridized carbons (Fsp3) is 0.211. The van der Waals surface area contributed by atoms with Gasteiger partial charge in [-0.2, -0.15) is 0 Å². The molecular formula is C19H20N2O3. The van der Waals surface area contributed by atoms with E-state index in [4.69, 9.17) is 5.73 Å². The maximum Gasteiger partial charge on any atom is 0.248 e. The fourth-order valence-corrected chi connectivity index (χ4v) is 2.24. The van der Waals surface area contributed by atoms with Crippen molar-refractivity contribution in [3.63, 3.8) is 0 Å². The topological polar surface area (TPSA) is 89.3 Å². The predicted octanol–water partition coefficient (Wildman–Crippen LogP) is 2.95. The van der Waals surface area contributed by atoms with E-state index in [-0.39, 0.29) is 24.5 Å². The molecule has 24 heavy (non-hydrogen) atoms. The molecule has 0 aliphatic heterocycles. The number of amides is 2. The molecule has 2 aromatic rings. The lowest BCUT2D eigenvalue weighted by Gasteiger charge is -2.06. The lowest BCUT2D eigenvalue weighted by Crippen LogP contribution is -2.14. The van der Waals surface area contributed by atoms with Crippen molar-refractivity contribution in [2.24, 2.45) is 5.73 Å². The first-order chi connectivity index (χ1) is 11.5. The summed E-state index contributed by atoms with van der Waals surface area (Å²) in [5.74, 6) is -0.829. The lowest BCUT2D eigenvalue weighted by atomic mass is 10.0. The Kier molecular flexibility index (Phi) is 5.84. The van der Waals surface area contributed by atoms with Crippen LogP contribution >= 0.6 is 0 Å². The number of carbonyl (C=O) groups is 3. The van der Waals surface area contributed by atoms with E-state index in [2.05, 4.69) is 12.2 Å². The van der Waals surface area contributed by atoms with Gasteiger partial charge in [-0.05, 0) is 36.2 Å². The number of nitrogens with one attached hydrogen (secondary N) is 1. The molecule has 0 saturated carbocycles. The Hall–Kier alpha value is -2.95. The third-order valence-corrected chi connectivity index (χ3v) is 3.72. The van der Waals surface area contributed by atoms with Crippen molar-refractivity contribution >= 4 is 23.3 Å². The van der Waals surface area contributed by atoms with Gasteiger partial charge in [0.25, 0.3) is 0 Å². The number of rotatable bonds is 7. The number of benzene rings is 2. The summed E-state index contributed by atoms with van der Waals surface area (Å²) in [7, 11) is 0. The zero-order chi connectivity index (χ0) is 17.5. The van der Waals surface area contributed by atoms with E-state index in [1.807, 2.05) is 12.1 Å². The fourth-order valence-electron chi connectivity index (χ4n) is 2.24. The number of hydrogen-bond acceptors (Lipinski definition) is 3. The molecule has 0 aliphatic rings. The van der Waals surface area contributed by atoms with Crippen molar-refractivity contribution in [3.05, 3.63) is 65.2 Å². The molecule has 2 amide bonds. The second kappa shape index (κ2) is 8.06. The van der Waals surface area contributed by atoms with Gasteiger partial charge in [-0.3, -0.25) is 14.4 Å². The van der Waals surface area contributed by atoms with Crippen molar-refractivity contribution in [2.75, 3.05) is 5.32 Å². The van der Waals surface area contributed by atoms with Gasteiger partial charge in [0.15, 0.2) is 5.78 Å². The van der Waals surface area contributed by atoms with E-state index >= 15 is 0 Å². The van der Waals surface area contributed by atoms with E-state index < -0.39 is 5.91 Å². The maximum absolute atomic E-state index is 12.1. The lowest BCUT2D eigenvalue weighted by molar-refractivity contribution is -0.116. The zero-order valence-electron chi connectivity index (χ0n) is 13.5. The maximum atomic E-state index is 12.1. The number of nitrogens with two attached hydrogens (primary N) is 1. The molecule has 0 fully saturated rings. The van der Waals surface area contributed by atoms with Crippen LogP contribution < -0.4 is 11.1 Å². The minimum Gasteiger partial charge on any atom is -0.366 e. The van der Waals surface area contributed by atoms with Gasteiger partial charge in [0.2, 0.25) is 11.8 Å². The third kappa shape index (κ3) is 4.78. The number of ketones is 1. The Morgan fingerprint density at radius 1 is 0.875 bits per heavy atom. The highest BCUT2D eigenvalue weighted by Gasteiger charge is 2.10. The molecule has 2 rings (SSSR count). The molecule has 2 aromatic carbocycles. The van der Waals surface area contributed by atoms with Crippen LogP contribution in [-0.2, 0) is 11.2 Å². The molecule has 0 unspecified atom stereocenters. The van der Waals surface area contributed by atoms with Crippen LogP contribution in [0.2, 0.25) is 0 Å². The van der Waals surface area contributed by atoms with Gasteiger partial charge in [-0.15, -0.1) is 0 Å². The normalized spacial score (nSPS) is 10.2. The van der Waals surface area contributed by atoms with E-state index in [0.29, 0.717) is 16.8 Å². The molecule has 0 saturated heterocycles. The number of primary amides is 1. The summed E-state index contributed by atoms with van der Waals surface area (Å²) in [4.78, 5) is 35.0. The molecular weight excluding hydrogens is 304 g/mol. The minimum atomic E-state index is -0.521. The number of hydrogen-bond donors (Lipinski definition) is 2. The summed E-state index contributed by atoms with van der Waals surface area (Å²) in [5, 5.41) is 2.69. The summed E-state index contributed by atoms with van der Waals surface area (Å²) < 4.78 is 0. The monoisotopic (exact) mass is 324 g/mol. The third-order valence-electron chi connectivity index (χ3n) is 3.72. The largest absolute Gasteiger partial charge is 0.366 e. The average molecular weight is 324 g/mol. The highest BCUT2D eigenvalue weighted by Crippen LogP contribution is 2.12. The summed E-state index contributed by atoms with van der Waals surface area (Å²) in [5.41, 5.74) is 7.88. The predicted molar refractivity (Wildman–Crippen MR) is 93.0 cm³/mol. The van der Waals surface area contributed by atoms with Crippen molar-refractivity contribution < 1.29 is 14.4 Å². The van der Waals surface area contributed by atoms with Crippen LogP contribution in [0.1, 0.15) is 46.0 Å². The van der Waals surface area contributed by atoms with Gasteiger partial charge >= 0.3 is 0 Å². The van der Waals surface area contributed by atoms with Gasteiger partial charge < -0.3 is 11.1 Å². The van der Waals surface area contributed by atoms with Gasteiger partial charge in [-0.1, -0.05) is 31.2 Å². The summed E-state index contributed by atoms with van der Waals surface area (Å²) in [6.45, 7) is 2.05. The smallest absolute Gasteiger partial charge is 0.248 e. The van der Waals surface area contributed by atoms with E-state index in [9.17, 15) is 14.4 Å². The van der Waals surface area contributed by atoms with Gasteiger partial charge in [-0.25, -0.2) is 0 Å². The highest BCUT2D eigenvalue weighted by atomic mass is 16.2. The first kappa shape index (κ1) is 17.4. The second-order valence-electron chi connectivity index (χ2n) is 5.46. The average Bonchev–Trinajstić information content (AvgIpc) is 2.60. The molecule has 0 spiro atoms. The molecule has 5 nitrogen and oxygen atoms in total. The zero-order valence-corrected chi connectivity index (χ0v) is 13.5. The Morgan fingerprint density at radius 2 is 1.46 bits per heavy atom. The van der Waals surface area contributed by atoms with E-state index in [0.717, 1.165) is 6.42 Å². The highest BCUT2D eigenvalue weighted by molar-refractivity contribution is 6.00. The molecule has 0 aliphatic carbocycles. The summed E-state index contributed by atoms with van der Waals surface area (Å²) in [6.07, 6.45) is 1.17. The van der Waals surface area contributed by atoms with Crippen LogP contribution in [0.5, 0.6) is 0 Å². The van der Waals surface area contributed by atoms with Crippen molar-refractivity contribution in [1.82, 2.24) is 0 Å². The first-order valence-electron chi connectivity index (χ1n) is 7.81. The van der Waals surface area contributed by atoms with Crippen LogP contribution in [0.25, 0.3) is 0 Å². The van der Waals surface area contributed by atoms with Crippen LogP contribution in [0.15, 0.2) is 48.5 Å². The minimum absolute atomic E-state index is 0.0584. The van der Waals surface area contributed by atoms with Gasteiger partial charge in [0.05, 0.1) is 0 Å². The van der Waals surface area contributed by atoms with Crippen molar-refractivity contribution in [2.45, 2.75) is 26.2 Å². The van der Waals surface area contributed by atoms with Gasteiger partial charge in [0.1, 0.15) is 0 Å². The summed E-state index contributed by atoms with van der Waals surface area (Å²) >= 11 is 0. The number of carbonyl (C=O) groups excluding carboxylic acids is 3. The Balaban J connectivity index is 1.85. The number of anilines is 1. The number of aryl methyl sites for hydroxylation is 1. The quantitative estimate of drug-likeness (QED) is 0.767. The van der Waals surface area contributed by atoms with Crippen LogP contribution in [0.4, 0.5) is 5.69 Å². The first-order valence-corrected chi connectivity index (χ1v) is 7.81.